The van der Waals surface area contributed by atoms with Crippen LogP contribution in [-0.2, 0) is 4.79 Å². The molecule has 3 atom stereocenters. The highest BCUT2D eigenvalue weighted by Crippen LogP contribution is 2.56. The maximum absolute atomic E-state index is 12.0. The van der Waals surface area contributed by atoms with Crippen molar-refractivity contribution in [2.24, 2.45) is 21.6 Å². The summed E-state index contributed by atoms with van der Waals surface area (Å²) in [5.41, 5.74) is -1.55. The zero-order chi connectivity index (χ0) is 10.5. The van der Waals surface area contributed by atoms with Crippen molar-refractivity contribution in [1.82, 2.24) is 0 Å². The molecule has 0 aromatic carbocycles. The molecule has 0 unspecified atom stereocenters. The first-order chi connectivity index (χ1) is 7.25. The molecule has 4 nitrogen and oxygen atoms in total. The lowest BCUT2D eigenvalue weighted by Crippen LogP contribution is -2.54. The number of hydrogen-bond acceptors (Lipinski definition) is 4. The molecule has 3 aliphatic rings. The lowest BCUT2D eigenvalue weighted by molar-refractivity contribution is -0.123. The molecule has 1 saturated carbocycles. The molecular formula is C11H11N3O. The van der Waals surface area contributed by atoms with Crippen LogP contribution in [0.15, 0.2) is 22.4 Å². The third-order valence-electron chi connectivity index (χ3n) is 4.02. The summed E-state index contributed by atoms with van der Waals surface area (Å²) >= 11 is 0. The zero-order valence-corrected chi connectivity index (χ0v) is 8.31. The molecule has 1 heterocycles. The van der Waals surface area contributed by atoms with Gasteiger partial charge in [0.15, 0.2) is 11.3 Å². The molecule has 1 fully saturated rings. The summed E-state index contributed by atoms with van der Waals surface area (Å²) in [6.07, 6.45) is 5.98. The van der Waals surface area contributed by atoms with Gasteiger partial charge in [0.05, 0.1) is 12.6 Å². The van der Waals surface area contributed by atoms with Crippen LogP contribution in [0, 0.1) is 22.7 Å². The van der Waals surface area contributed by atoms with Crippen LogP contribution in [0.25, 0.3) is 0 Å². The topological polar surface area (TPSA) is 65.6 Å². The molecule has 0 amide bonds. The minimum absolute atomic E-state index is 0.0185. The van der Waals surface area contributed by atoms with Crippen molar-refractivity contribution >= 4 is 5.78 Å². The number of carbonyl (C=O) groups is 1. The Morgan fingerprint density at radius 2 is 2.47 bits per heavy atom. The zero-order valence-electron chi connectivity index (χ0n) is 8.31. The first-order valence-corrected chi connectivity index (χ1v) is 5.29. The molecule has 0 N–H and O–H groups in total. The van der Waals surface area contributed by atoms with E-state index in [4.69, 9.17) is 0 Å². The molecule has 0 aromatic rings. The molecule has 1 aliphatic heterocycles. The van der Waals surface area contributed by atoms with E-state index in [2.05, 4.69) is 16.3 Å². The monoisotopic (exact) mass is 201 g/mol. The number of azo groups is 1. The number of rotatable bonds is 0. The molecule has 0 bridgehead atoms. The van der Waals surface area contributed by atoms with Gasteiger partial charge in [-0.15, -0.1) is 0 Å². The van der Waals surface area contributed by atoms with Crippen LogP contribution < -0.4 is 0 Å². The molecule has 76 valence electrons. The van der Waals surface area contributed by atoms with E-state index >= 15 is 0 Å². The maximum Gasteiger partial charge on any atom is 0.187 e. The number of hydrogen-bond donors (Lipinski definition) is 0. The predicted octanol–water partition coefficient (Wildman–Crippen LogP) is 1.64. The Hall–Kier alpha value is -1.50. The average Bonchev–Trinajstić information content (AvgIpc) is 2.81. The van der Waals surface area contributed by atoms with E-state index in [1.165, 1.54) is 6.08 Å². The highest BCUT2D eigenvalue weighted by molar-refractivity contribution is 6.03. The molecule has 0 saturated heterocycles. The largest absolute Gasteiger partial charge is 0.292 e. The van der Waals surface area contributed by atoms with Gasteiger partial charge in [-0.3, -0.25) is 4.79 Å². The minimum Gasteiger partial charge on any atom is -0.292 e. The number of nitrogens with zero attached hydrogens (tertiary/aromatic N) is 3. The molecule has 1 spiro atoms. The van der Waals surface area contributed by atoms with E-state index in [0.717, 1.165) is 19.3 Å². The summed E-state index contributed by atoms with van der Waals surface area (Å²) < 4.78 is 0. The Kier molecular flexibility index (Phi) is 1.49. The van der Waals surface area contributed by atoms with Crippen LogP contribution in [0.1, 0.15) is 19.3 Å². The van der Waals surface area contributed by atoms with E-state index in [9.17, 15) is 10.1 Å². The second kappa shape index (κ2) is 2.54. The lowest BCUT2D eigenvalue weighted by atomic mass is 9.59. The van der Waals surface area contributed by atoms with Gasteiger partial charge in [0.25, 0.3) is 0 Å². The molecule has 15 heavy (non-hydrogen) atoms. The highest BCUT2D eigenvalue weighted by atomic mass is 16.1. The first kappa shape index (κ1) is 8.78. The van der Waals surface area contributed by atoms with Crippen molar-refractivity contribution < 1.29 is 4.79 Å². The van der Waals surface area contributed by atoms with E-state index in [0.29, 0.717) is 6.54 Å². The summed E-state index contributed by atoms with van der Waals surface area (Å²) in [6, 6.07) is 2.31. The quantitative estimate of drug-likeness (QED) is 0.598. The fourth-order valence-electron chi connectivity index (χ4n) is 3.24. The summed E-state index contributed by atoms with van der Waals surface area (Å²) in [5.74, 6) is 0.128. The minimum atomic E-state index is -0.847. The van der Waals surface area contributed by atoms with Crippen molar-refractivity contribution in [3.05, 3.63) is 12.2 Å². The Bertz CT molecular complexity index is 434. The Labute approximate surface area is 87.7 Å². The van der Waals surface area contributed by atoms with Crippen molar-refractivity contribution in [2.45, 2.75) is 24.8 Å². The second-order valence-electron chi connectivity index (χ2n) is 4.56. The Morgan fingerprint density at radius 1 is 1.60 bits per heavy atom. The molecule has 3 rings (SSSR count). The maximum atomic E-state index is 12.0. The first-order valence-electron chi connectivity index (χ1n) is 5.29. The van der Waals surface area contributed by atoms with Crippen molar-refractivity contribution in [3.8, 4) is 6.07 Å². The molecule has 0 aromatic heterocycles. The summed E-state index contributed by atoms with van der Waals surface area (Å²) in [6.45, 7) is 0.608. The van der Waals surface area contributed by atoms with Crippen molar-refractivity contribution in [3.63, 3.8) is 0 Å². The molecule has 0 radical (unpaired) electrons. The van der Waals surface area contributed by atoms with Gasteiger partial charge < -0.3 is 0 Å². The summed E-state index contributed by atoms with van der Waals surface area (Å²) in [5, 5.41) is 17.5. The Morgan fingerprint density at radius 3 is 3.27 bits per heavy atom. The number of ketones is 1. The number of carbonyl (C=O) groups excluding carboxylic acids is 1. The van der Waals surface area contributed by atoms with E-state index in [1.54, 1.807) is 6.08 Å². The average molecular weight is 201 g/mol. The Balaban J connectivity index is 2.22. The van der Waals surface area contributed by atoms with E-state index in [1.807, 2.05) is 0 Å². The van der Waals surface area contributed by atoms with Gasteiger partial charge in [-0.25, -0.2) is 0 Å². The summed E-state index contributed by atoms with van der Waals surface area (Å²) in [4.78, 5) is 12.0. The van der Waals surface area contributed by atoms with Crippen LogP contribution in [0.5, 0.6) is 0 Å². The standard InChI is InChI=1S/C11H11N3O/c12-7-10-4-1-2-8-6-13-14-11(8,10)9(15)3-5-10/h3,5,8H,1-2,4,6H2/t8-,10-,11-/m0/s1. The van der Waals surface area contributed by atoms with Crippen LogP contribution in [0.2, 0.25) is 0 Å². The second-order valence-corrected chi connectivity index (χ2v) is 4.56. The predicted molar refractivity (Wildman–Crippen MR) is 52.0 cm³/mol. The van der Waals surface area contributed by atoms with Gasteiger partial charge in [0, 0.05) is 5.92 Å². The van der Waals surface area contributed by atoms with Crippen molar-refractivity contribution in [2.75, 3.05) is 6.54 Å². The van der Waals surface area contributed by atoms with E-state index < -0.39 is 11.0 Å². The number of nitriles is 1. The summed E-state index contributed by atoms with van der Waals surface area (Å²) in [7, 11) is 0. The third-order valence-corrected chi connectivity index (χ3v) is 4.02. The van der Waals surface area contributed by atoms with Crippen molar-refractivity contribution in [1.29, 1.82) is 5.26 Å². The smallest absolute Gasteiger partial charge is 0.187 e. The van der Waals surface area contributed by atoms with Gasteiger partial charge >= 0.3 is 0 Å². The van der Waals surface area contributed by atoms with Crippen LogP contribution in [-0.4, -0.2) is 17.9 Å². The molecule has 2 aliphatic carbocycles. The molecular weight excluding hydrogens is 190 g/mol. The lowest BCUT2D eigenvalue weighted by Gasteiger charge is -2.41. The fraction of sp³-hybridized carbons (Fsp3) is 0.636. The van der Waals surface area contributed by atoms with Gasteiger partial charge in [-0.2, -0.15) is 15.5 Å². The third kappa shape index (κ3) is 0.763. The highest BCUT2D eigenvalue weighted by Gasteiger charge is 2.66. The van der Waals surface area contributed by atoms with E-state index in [-0.39, 0.29) is 11.7 Å². The van der Waals surface area contributed by atoms with Gasteiger partial charge in [0.1, 0.15) is 5.41 Å². The van der Waals surface area contributed by atoms with Crippen LogP contribution >= 0.6 is 0 Å². The van der Waals surface area contributed by atoms with Gasteiger partial charge in [-0.1, -0.05) is 12.5 Å². The molecule has 4 heteroatoms. The van der Waals surface area contributed by atoms with Crippen LogP contribution in [0.4, 0.5) is 0 Å². The van der Waals surface area contributed by atoms with Gasteiger partial charge in [-0.05, 0) is 18.9 Å². The van der Waals surface area contributed by atoms with Gasteiger partial charge in [0.2, 0.25) is 0 Å². The fourth-order valence-corrected chi connectivity index (χ4v) is 3.24. The normalized spacial score (nSPS) is 46.3. The van der Waals surface area contributed by atoms with Crippen LogP contribution in [0.3, 0.4) is 0 Å². The SMILES string of the molecule is N#C[C@]12C=CC(=O)[C@]13N=NC[C@@H]3CCC2.